The zero-order chi connectivity index (χ0) is 15.6. The molecule has 2 rings (SSSR count). The number of carboxylic acid groups (broad SMARTS) is 1. The van der Waals surface area contributed by atoms with Gasteiger partial charge in [-0.1, -0.05) is 6.42 Å². The minimum Gasteiger partial charge on any atom is -0.481 e. The van der Waals surface area contributed by atoms with E-state index in [0.717, 1.165) is 18.4 Å². The second-order valence-corrected chi connectivity index (χ2v) is 7.46. The SMILES string of the molecule is Cc1cc(C(C)NC(=O)C2CCCC(C(=O)O)C2)c(C)s1. The van der Waals surface area contributed by atoms with Gasteiger partial charge >= 0.3 is 5.97 Å². The topological polar surface area (TPSA) is 66.4 Å². The summed E-state index contributed by atoms with van der Waals surface area (Å²) in [7, 11) is 0. The number of nitrogens with one attached hydrogen (secondary N) is 1. The molecule has 1 fully saturated rings. The average molecular weight is 309 g/mol. The van der Waals surface area contributed by atoms with Gasteiger partial charge in [0.05, 0.1) is 12.0 Å². The van der Waals surface area contributed by atoms with Gasteiger partial charge in [0.1, 0.15) is 0 Å². The van der Waals surface area contributed by atoms with Crippen molar-refractivity contribution in [2.24, 2.45) is 11.8 Å². The molecule has 0 aromatic carbocycles. The summed E-state index contributed by atoms with van der Waals surface area (Å²) >= 11 is 1.74. The zero-order valence-electron chi connectivity index (χ0n) is 12.8. The Labute approximate surface area is 129 Å². The van der Waals surface area contributed by atoms with Crippen LogP contribution in [0.1, 0.15) is 54.0 Å². The molecule has 2 N–H and O–H groups in total. The predicted octanol–water partition coefficient (Wildman–Crippen LogP) is 3.43. The second kappa shape index (κ2) is 6.60. The Kier molecular flexibility index (Phi) is 5.04. The fraction of sp³-hybridized carbons (Fsp3) is 0.625. The molecule has 1 aliphatic rings. The van der Waals surface area contributed by atoms with E-state index in [2.05, 4.69) is 25.2 Å². The molecule has 1 aromatic rings. The van der Waals surface area contributed by atoms with E-state index in [0.29, 0.717) is 12.8 Å². The molecule has 0 aliphatic heterocycles. The highest BCUT2D eigenvalue weighted by Gasteiger charge is 2.31. The van der Waals surface area contributed by atoms with Gasteiger partial charge in [-0.3, -0.25) is 9.59 Å². The first-order valence-corrected chi connectivity index (χ1v) is 8.30. The van der Waals surface area contributed by atoms with Gasteiger partial charge in [0, 0.05) is 15.7 Å². The molecule has 0 radical (unpaired) electrons. The molecular formula is C16H23NO3S. The van der Waals surface area contributed by atoms with Gasteiger partial charge in [0.25, 0.3) is 0 Å². The molecule has 21 heavy (non-hydrogen) atoms. The minimum atomic E-state index is -0.773. The van der Waals surface area contributed by atoms with E-state index in [9.17, 15) is 9.59 Å². The smallest absolute Gasteiger partial charge is 0.306 e. The van der Waals surface area contributed by atoms with E-state index < -0.39 is 5.97 Å². The summed E-state index contributed by atoms with van der Waals surface area (Å²) in [6.07, 6.45) is 2.77. The van der Waals surface area contributed by atoms with Gasteiger partial charge in [-0.15, -0.1) is 11.3 Å². The van der Waals surface area contributed by atoms with Crippen LogP contribution in [0, 0.1) is 25.7 Å². The van der Waals surface area contributed by atoms with E-state index in [1.807, 2.05) is 6.92 Å². The van der Waals surface area contributed by atoms with Crippen molar-refractivity contribution >= 4 is 23.2 Å². The van der Waals surface area contributed by atoms with Crippen molar-refractivity contribution in [3.63, 3.8) is 0 Å². The molecule has 3 atom stereocenters. The zero-order valence-corrected chi connectivity index (χ0v) is 13.6. The third-order valence-corrected chi connectivity index (χ3v) is 5.28. The van der Waals surface area contributed by atoms with Gasteiger partial charge in [0.15, 0.2) is 0 Å². The summed E-state index contributed by atoms with van der Waals surface area (Å²) in [5, 5.41) is 12.2. The maximum atomic E-state index is 12.4. The number of carbonyl (C=O) groups excluding carboxylic acids is 1. The van der Waals surface area contributed by atoms with Gasteiger partial charge < -0.3 is 10.4 Å². The van der Waals surface area contributed by atoms with Crippen LogP contribution >= 0.6 is 11.3 Å². The molecule has 5 heteroatoms. The molecule has 0 spiro atoms. The maximum Gasteiger partial charge on any atom is 0.306 e. The fourth-order valence-electron chi connectivity index (χ4n) is 3.14. The third kappa shape index (κ3) is 3.84. The summed E-state index contributed by atoms with van der Waals surface area (Å²) in [6.45, 7) is 6.12. The van der Waals surface area contributed by atoms with Crippen LogP contribution in [0.4, 0.5) is 0 Å². The van der Waals surface area contributed by atoms with Gasteiger partial charge in [-0.2, -0.15) is 0 Å². The summed E-state index contributed by atoms with van der Waals surface area (Å²) in [4.78, 5) is 25.9. The average Bonchev–Trinajstić information content (AvgIpc) is 2.77. The van der Waals surface area contributed by atoms with Gasteiger partial charge in [0.2, 0.25) is 5.91 Å². The van der Waals surface area contributed by atoms with Crippen molar-refractivity contribution in [2.45, 2.75) is 52.5 Å². The van der Waals surface area contributed by atoms with Crippen molar-refractivity contribution in [1.82, 2.24) is 5.32 Å². The maximum absolute atomic E-state index is 12.4. The van der Waals surface area contributed by atoms with Crippen LogP contribution in [0.2, 0.25) is 0 Å². The molecule has 1 saturated carbocycles. The Hall–Kier alpha value is -1.36. The first-order valence-electron chi connectivity index (χ1n) is 7.48. The highest BCUT2D eigenvalue weighted by Crippen LogP contribution is 2.31. The molecule has 3 unspecified atom stereocenters. The standard InChI is InChI=1S/C16H23NO3S/c1-9-7-14(11(3)21-9)10(2)17-15(18)12-5-4-6-13(8-12)16(19)20/h7,10,12-13H,4-6,8H2,1-3H3,(H,17,18)(H,19,20). The summed E-state index contributed by atoms with van der Waals surface area (Å²) in [5.41, 5.74) is 1.16. The Morgan fingerprint density at radius 3 is 2.57 bits per heavy atom. The number of carbonyl (C=O) groups is 2. The van der Waals surface area contributed by atoms with Crippen LogP contribution in [-0.4, -0.2) is 17.0 Å². The van der Waals surface area contributed by atoms with Crippen molar-refractivity contribution < 1.29 is 14.7 Å². The third-order valence-electron chi connectivity index (χ3n) is 4.30. The van der Waals surface area contributed by atoms with Crippen LogP contribution in [-0.2, 0) is 9.59 Å². The van der Waals surface area contributed by atoms with E-state index in [1.54, 1.807) is 11.3 Å². The number of carboxylic acids is 1. The number of amides is 1. The molecule has 116 valence electrons. The molecule has 1 amide bonds. The fourth-order valence-corrected chi connectivity index (χ4v) is 4.16. The molecule has 0 bridgehead atoms. The highest BCUT2D eigenvalue weighted by atomic mass is 32.1. The van der Waals surface area contributed by atoms with Gasteiger partial charge in [-0.05, 0) is 51.7 Å². The predicted molar refractivity (Wildman–Crippen MR) is 83.4 cm³/mol. The van der Waals surface area contributed by atoms with Crippen molar-refractivity contribution in [2.75, 3.05) is 0 Å². The Morgan fingerprint density at radius 2 is 2.00 bits per heavy atom. The lowest BCUT2D eigenvalue weighted by molar-refractivity contribution is -0.144. The quantitative estimate of drug-likeness (QED) is 0.895. The van der Waals surface area contributed by atoms with Crippen molar-refractivity contribution in [3.8, 4) is 0 Å². The number of rotatable bonds is 4. The number of aliphatic carboxylic acids is 1. The summed E-state index contributed by atoms with van der Waals surface area (Å²) in [6, 6.07) is 2.10. The van der Waals surface area contributed by atoms with E-state index in [-0.39, 0.29) is 23.8 Å². The second-order valence-electron chi connectivity index (χ2n) is 6.00. The normalized spacial score (nSPS) is 23.6. The number of hydrogen-bond acceptors (Lipinski definition) is 3. The van der Waals surface area contributed by atoms with Crippen LogP contribution < -0.4 is 5.32 Å². The van der Waals surface area contributed by atoms with E-state index in [1.165, 1.54) is 9.75 Å². The lowest BCUT2D eigenvalue weighted by Gasteiger charge is -2.27. The highest BCUT2D eigenvalue weighted by molar-refractivity contribution is 7.12. The Balaban J connectivity index is 1.97. The molecule has 4 nitrogen and oxygen atoms in total. The number of aryl methyl sites for hydroxylation is 2. The lowest BCUT2D eigenvalue weighted by Crippen LogP contribution is -2.36. The van der Waals surface area contributed by atoms with Crippen LogP contribution in [0.15, 0.2) is 6.07 Å². The van der Waals surface area contributed by atoms with Crippen molar-refractivity contribution in [1.29, 1.82) is 0 Å². The minimum absolute atomic E-state index is 0.00305. The Morgan fingerprint density at radius 1 is 1.33 bits per heavy atom. The molecule has 0 saturated heterocycles. The monoisotopic (exact) mass is 309 g/mol. The first-order chi connectivity index (χ1) is 9.88. The van der Waals surface area contributed by atoms with Crippen LogP contribution in [0.5, 0.6) is 0 Å². The van der Waals surface area contributed by atoms with E-state index >= 15 is 0 Å². The van der Waals surface area contributed by atoms with Crippen LogP contribution in [0.25, 0.3) is 0 Å². The largest absolute Gasteiger partial charge is 0.481 e. The summed E-state index contributed by atoms with van der Waals surface area (Å²) in [5.74, 6) is -1.31. The molecule has 1 aromatic heterocycles. The summed E-state index contributed by atoms with van der Waals surface area (Å²) < 4.78 is 0. The number of hydrogen-bond donors (Lipinski definition) is 2. The Bertz CT molecular complexity index is 538. The first kappa shape index (κ1) is 16.0. The lowest BCUT2D eigenvalue weighted by atomic mass is 9.81. The van der Waals surface area contributed by atoms with Crippen molar-refractivity contribution in [3.05, 3.63) is 21.4 Å². The number of thiophene rings is 1. The molecule has 1 aliphatic carbocycles. The van der Waals surface area contributed by atoms with Gasteiger partial charge in [-0.25, -0.2) is 0 Å². The van der Waals surface area contributed by atoms with Crippen LogP contribution in [0.3, 0.4) is 0 Å². The molecular weight excluding hydrogens is 286 g/mol. The van der Waals surface area contributed by atoms with E-state index in [4.69, 9.17) is 5.11 Å². The molecule has 1 heterocycles.